The summed E-state index contributed by atoms with van der Waals surface area (Å²) in [5.74, 6) is 3.00. The van der Waals surface area contributed by atoms with E-state index in [1.165, 1.54) is 44.1 Å². The van der Waals surface area contributed by atoms with E-state index in [4.69, 9.17) is 12.2 Å². The maximum absolute atomic E-state index is 5.58. The van der Waals surface area contributed by atoms with Crippen LogP contribution in [0.5, 0.6) is 0 Å². The van der Waals surface area contributed by atoms with Crippen molar-refractivity contribution < 1.29 is 0 Å². The summed E-state index contributed by atoms with van der Waals surface area (Å²) in [6, 6.07) is 11.1. The summed E-state index contributed by atoms with van der Waals surface area (Å²) in [5, 5.41) is 7.90. The highest BCUT2D eigenvalue weighted by atomic mass is 32.1. The van der Waals surface area contributed by atoms with Crippen molar-refractivity contribution >= 4 is 17.3 Å². The minimum Gasteiger partial charge on any atom is -0.362 e. The van der Waals surface area contributed by atoms with Crippen molar-refractivity contribution in [2.45, 2.75) is 57.9 Å². The van der Waals surface area contributed by atoms with Gasteiger partial charge < -0.3 is 10.6 Å². The van der Waals surface area contributed by atoms with Crippen LogP contribution in [0.15, 0.2) is 30.3 Å². The molecule has 1 aromatic carbocycles. The predicted octanol–water partition coefficient (Wildman–Crippen LogP) is 4.30. The van der Waals surface area contributed by atoms with Gasteiger partial charge in [0.1, 0.15) is 0 Å². The molecule has 2 nitrogen and oxygen atoms in total. The Balaban J connectivity index is 1.28. The average molecular weight is 343 g/mol. The van der Waals surface area contributed by atoms with Crippen LogP contribution in [0.3, 0.4) is 0 Å². The van der Waals surface area contributed by atoms with Crippen molar-refractivity contribution in [1.82, 2.24) is 10.6 Å². The van der Waals surface area contributed by atoms with Gasteiger partial charge in [-0.2, -0.15) is 0 Å². The normalized spacial score (nSPS) is 34.8. The van der Waals surface area contributed by atoms with Gasteiger partial charge in [0.2, 0.25) is 0 Å². The van der Waals surface area contributed by atoms with Crippen molar-refractivity contribution in [3.8, 4) is 0 Å². The number of benzene rings is 1. The number of nitrogens with one attached hydrogen (secondary N) is 2. The fourth-order valence-electron chi connectivity index (χ4n) is 6.07. The lowest BCUT2D eigenvalue weighted by molar-refractivity contribution is -0.0672. The molecule has 4 saturated carbocycles. The van der Waals surface area contributed by atoms with Gasteiger partial charge in [0.05, 0.1) is 0 Å². The number of rotatable bonds is 5. The van der Waals surface area contributed by atoms with Crippen LogP contribution < -0.4 is 10.6 Å². The molecule has 4 aliphatic carbocycles. The topological polar surface area (TPSA) is 24.1 Å². The molecular formula is C21H30N2S. The van der Waals surface area contributed by atoms with Gasteiger partial charge in [-0.05, 0) is 92.8 Å². The lowest BCUT2D eigenvalue weighted by Crippen LogP contribution is -2.57. The maximum Gasteiger partial charge on any atom is 0.166 e. The van der Waals surface area contributed by atoms with Crippen LogP contribution in [0.4, 0.5) is 0 Å². The highest BCUT2D eigenvalue weighted by molar-refractivity contribution is 7.80. The number of hydrogen-bond donors (Lipinski definition) is 2. The number of hydrogen-bond acceptors (Lipinski definition) is 1. The van der Waals surface area contributed by atoms with Crippen LogP contribution in [0.2, 0.25) is 0 Å². The van der Waals surface area contributed by atoms with Gasteiger partial charge in [0.25, 0.3) is 0 Å². The summed E-state index contributed by atoms with van der Waals surface area (Å²) < 4.78 is 0. The van der Waals surface area contributed by atoms with Crippen molar-refractivity contribution in [1.29, 1.82) is 0 Å². The summed E-state index contributed by atoms with van der Waals surface area (Å²) in [6.07, 6.45) is 9.83. The Morgan fingerprint density at radius 1 is 1.08 bits per heavy atom. The van der Waals surface area contributed by atoms with Gasteiger partial charge in [-0.3, -0.25) is 0 Å². The predicted molar refractivity (Wildman–Crippen MR) is 104 cm³/mol. The zero-order chi connectivity index (χ0) is 16.6. The molecule has 4 fully saturated rings. The molecule has 0 aromatic heterocycles. The molecule has 4 aliphatic rings. The molecule has 24 heavy (non-hydrogen) atoms. The standard InChI is InChI=1S/C21H30N2S/c1-15(21-12-17-9-18(13-21)11-19(10-17)14-21)23-20(24)22-8-7-16-5-3-2-4-6-16/h2-6,15,17-19H,7-14H2,1H3,(H2,22,23,24)/t15-,17?,18?,19?,21?/m1/s1. The SMILES string of the molecule is C[C@@H](NC(=S)NCCc1ccccc1)C12CC3CC(CC(C3)C1)C2. The molecule has 0 radical (unpaired) electrons. The van der Waals surface area contributed by atoms with Crippen LogP contribution in [0, 0.1) is 23.2 Å². The first-order chi connectivity index (χ1) is 11.6. The molecule has 1 aromatic rings. The van der Waals surface area contributed by atoms with E-state index < -0.39 is 0 Å². The Labute approximate surface area is 151 Å². The van der Waals surface area contributed by atoms with Crippen molar-refractivity contribution in [2.75, 3.05) is 6.54 Å². The maximum atomic E-state index is 5.58. The molecule has 0 unspecified atom stereocenters. The van der Waals surface area contributed by atoms with E-state index in [0.29, 0.717) is 11.5 Å². The van der Waals surface area contributed by atoms with Crippen molar-refractivity contribution in [3.05, 3.63) is 35.9 Å². The molecule has 0 spiro atoms. The van der Waals surface area contributed by atoms with Crippen LogP contribution in [0.25, 0.3) is 0 Å². The molecule has 4 bridgehead atoms. The van der Waals surface area contributed by atoms with E-state index in [2.05, 4.69) is 47.9 Å². The largest absolute Gasteiger partial charge is 0.362 e. The zero-order valence-corrected chi connectivity index (χ0v) is 15.6. The van der Waals surface area contributed by atoms with E-state index in [1.54, 1.807) is 0 Å². The first-order valence-corrected chi connectivity index (χ1v) is 10.1. The van der Waals surface area contributed by atoms with E-state index in [-0.39, 0.29) is 0 Å². The van der Waals surface area contributed by atoms with E-state index >= 15 is 0 Å². The second kappa shape index (κ2) is 6.67. The smallest absolute Gasteiger partial charge is 0.166 e. The zero-order valence-electron chi connectivity index (χ0n) is 14.8. The quantitative estimate of drug-likeness (QED) is 0.780. The first-order valence-electron chi connectivity index (χ1n) is 9.71. The minimum atomic E-state index is 0.502. The van der Waals surface area contributed by atoms with E-state index in [1.807, 2.05) is 0 Å². The summed E-state index contributed by atoms with van der Waals surface area (Å²) in [5.41, 5.74) is 1.88. The van der Waals surface area contributed by atoms with Gasteiger partial charge >= 0.3 is 0 Å². The highest BCUT2D eigenvalue weighted by Gasteiger charge is 2.53. The van der Waals surface area contributed by atoms with Gasteiger partial charge in [-0.25, -0.2) is 0 Å². The molecule has 3 heteroatoms. The van der Waals surface area contributed by atoms with Gasteiger partial charge in [-0.15, -0.1) is 0 Å². The van der Waals surface area contributed by atoms with Crippen LogP contribution in [0.1, 0.15) is 51.0 Å². The Hall–Kier alpha value is -1.09. The second-order valence-electron chi connectivity index (χ2n) is 8.64. The minimum absolute atomic E-state index is 0.502. The average Bonchev–Trinajstić information content (AvgIpc) is 2.54. The lowest BCUT2D eigenvalue weighted by Gasteiger charge is -2.59. The molecule has 0 aliphatic heterocycles. The van der Waals surface area contributed by atoms with Gasteiger partial charge in [0.15, 0.2) is 5.11 Å². The third kappa shape index (κ3) is 3.33. The van der Waals surface area contributed by atoms with E-state index in [9.17, 15) is 0 Å². The summed E-state index contributed by atoms with van der Waals surface area (Å²) >= 11 is 5.58. The fraction of sp³-hybridized carbons (Fsp3) is 0.667. The molecule has 0 saturated heterocycles. The van der Waals surface area contributed by atoms with Crippen molar-refractivity contribution in [2.24, 2.45) is 23.2 Å². The van der Waals surface area contributed by atoms with Crippen LogP contribution in [-0.2, 0) is 6.42 Å². The Morgan fingerprint density at radius 3 is 2.25 bits per heavy atom. The molecule has 0 heterocycles. The lowest BCUT2D eigenvalue weighted by atomic mass is 9.48. The Morgan fingerprint density at radius 2 is 1.67 bits per heavy atom. The molecule has 2 N–H and O–H groups in total. The third-order valence-corrected chi connectivity index (χ3v) is 7.16. The van der Waals surface area contributed by atoms with Gasteiger partial charge in [0, 0.05) is 12.6 Å². The summed E-state index contributed by atoms with van der Waals surface area (Å²) in [7, 11) is 0. The summed E-state index contributed by atoms with van der Waals surface area (Å²) in [6.45, 7) is 3.28. The van der Waals surface area contributed by atoms with E-state index in [0.717, 1.165) is 35.8 Å². The Kier molecular flexibility index (Phi) is 4.55. The molecular weight excluding hydrogens is 312 g/mol. The molecule has 130 valence electrons. The monoisotopic (exact) mass is 342 g/mol. The molecule has 5 rings (SSSR count). The first kappa shape index (κ1) is 16.4. The fourth-order valence-corrected chi connectivity index (χ4v) is 6.35. The van der Waals surface area contributed by atoms with Gasteiger partial charge in [-0.1, -0.05) is 30.3 Å². The Bertz CT molecular complexity index is 547. The summed E-state index contributed by atoms with van der Waals surface area (Å²) in [4.78, 5) is 0. The number of thiocarbonyl (C=S) groups is 1. The van der Waals surface area contributed by atoms with Crippen LogP contribution in [-0.4, -0.2) is 17.7 Å². The van der Waals surface area contributed by atoms with Crippen molar-refractivity contribution in [3.63, 3.8) is 0 Å². The molecule has 1 atom stereocenters. The highest BCUT2D eigenvalue weighted by Crippen LogP contribution is 2.61. The third-order valence-electron chi connectivity index (χ3n) is 6.89. The van der Waals surface area contributed by atoms with Crippen LogP contribution >= 0.6 is 12.2 Å². The second-order valence-corrected chi connectivity index (χ2v) is 9.05. The molecule has 0 amide bonds.